The van der Waals surface area contributed by atoms with Gasteiger partial charge in [-0.1, -0.05) is 35.9 Å². The fourth-order valence-electron chi connectivity index (χ4n) is 6.54. The van der Waals surface area contributed by atoms with E-state index in [2.05, 4.69) is 35.9 Å². The highest BCUT2D eigenvalue weighted by molar-refractivity contribution is 6.33. The summed E-state index contributed by atoms with van der Waals surface area (Å²) in [6, 6.07) is 13.5. The summed E-state index contributed by atoms with van der Waals surface area (Å²) in [6.07, 6.45) is -0.772. The van der Waals surface area contributed by atoms with E-state index in [4.69, 9.17) is 37.4 Å². The Morgan fingerprint density at radius 2 is 1.49 bits per heavy atom. The van der Waals surface area contributed by atoms with Crippen LogP contribution < -0.4 is 40.7 Å². The van der Waals surface area contributed by atoms with Crippen molar-refractivity contribution in [1.29, 1.82) is 0 Å². The lowest BCUT2D eigenvalue weighted by molar-refractivity contribution is -0.137. The van der Waals surface area contributed by atoms with Crippen LogP contribution in [0.3, 0.4) is 0 Å². The molecule has 3 aromatic carbocycles. The van der Waals surface area contributed by atoms with Crippen LogP contribution in [0.1, 0.15) is 40.9 Å². The molecule has 1 atom stereocenters. The molecule has 0 spiro atoms. The van der Waals surface area contributed by atoms with E-state index in [0.717, 1.165) is 12.5 Å². The van der Waals surface area contributed by atoms with Gasteiger partial charge in [0.05, 0.1) is 58.9 Å². The van der Waals surface area contributed by atoms with Crippen LogP contribution in [0, 0.1) is 18.6 Å². The van der Waals surface area contributed by atoms with E-state index in [1.807, 2.05) is 24.3 Å². The molecule has 0 bridgehead atoms. The number of rotatable bonds is 11. The van der Waals surface area contributed by atoms with Crippen LogP contribution in [-0.2, 0) is 19.3 Å². The lowest BCUT2D eigenvalue weighted by Gasteiger charge is -2.31. The van der Waals surface area contributed by atoms with E-state index < -0.39 is 62.8 Å². The molecule has 4 heterocycles. The molecule has 0 fully saturated rings. The molecule has 0 aliphatic carbocycles. The van der Waals surface area contributed by atoms with Gasteiger partial charge in [-0.05, 0) is 60.8 Å². The van der Waals surface area contributed by atoms with E-state index in [-0.39, 0.29) is 34.8 Å². The van der Waals surface area contributed by atoms with Gasteiger partial charge in [0, 0.05) is 31.0 Å². The summed E-state index contributed by atoms with van der Waals surface area (Å²) in [5.41, 5.74) is -2.08. The van der Waals surface area contributed by atoms with Gasteiger partial charge in [0.15, 0.2) is 23.2 Å². The first kappa shape index (κ1) is 39.4. The topological polar surface area (TPSA) is 118 Å². The molecule has 3 N–H and O–H groups in total. The highest BCUT2D eigenvalue weighted by Crippen LogP contribution is 2.44. The maximum absolute atomic E-state index is 17.1. The molecule has 0 saturated heterocycles. The quantitative estimate of drug-likeness (QED) is 0.114. The number of anilines is 2. The number of hydrogen-bond acceptors (Lipinski definition) is 11. The predicted octanol–water partition coefficient (Wildman–Crippen LogP) is 7.78. The van der Waals surface area contributed by atoms with Crippen LogP contribution in [0.2, 0.25) is 5.02 Å². The largest absolute Gasteiger partial charge is 0.497 e. The molecule has 296 valence electrons. The molecule has 1 unspecified atom stereocenters. The minimum absolute atomic E-state index is 0.0203. The van der Waals surface area contributed by atoms with Crippen LogP contribution in [-0.4, -0.2) is 40.7 Å². The Hall–Kier alpha value is -5.87. The summed E-state index contributed by atoms with van der Waals surface area (Å²) in [5, 5.41) is 8.16. The summed E-state index contributed by atoms with van der Waals surface area (Å²) in [6.45, 7) is 2.96. The molecule has 11 nitrogen and oxygen atoms in total. The summed E-state index contributed by atoms with van der Waals surface area (Å²) in [5.74, 6) is -1.81. The van der Waals surface area contributed by atoms with E-state index >= 15 is 8.78 Å². The fraction of sp³-hybridized carbons (Fsp3) is 0.231. The van der Waals surface area contributed by atoms with Gasteiger partial charge in [-0.3, -0.25) is 9.98 Å². The minimum Gasteiger partial charge on any atom is -0.497 e. The fourth-order valence-corrected chi connectivity index (χ4v) is 7.05. The van der Waals surface area contributed by atoms with Crippen molar-refractivity contribution in [3.8, 4) is 28.5 Å². The SMILES string of the molecule is COc1ccc(CNc2nccnc2C(C)N2C=C(Cl)Oc3c(F)c(-c4nc(NCc5ccc(OC)cc5)c(F)c(C)c4C(F)(F)F)c(Cl)c4c3=C2NCN=4)cc1. The monoisotopic (exact) mass is 826 g/mol. The third kappa shape index (κ3) is 7.66. The number of nitrogens with zero attached hydrogens (tertiary/aromatic N) is 5. The minimum atomic E-state index is -5.18. The number of pyridine rings is 1. The zero-order valence-corrected chi connectivity index (χ0v) is 32.2. The first-order chi connectivity index (χ1) is 27.3. The molecule has 2 aliphatic rings. The number of halogens is 7. The highest BCUT2D eigenvalue weighted by atomic mass is 35.5. The summed E-state index contributed by atoms with van der Waals surface area (Å²) in [7, 11) is 3.08. The summed E-state index contributed by atoms with van der Waals surface area (Å²) >= 11 is 13.4. The van der Waals surface area contributed by atoms with E-state index in [9.17, 15) is 13.2 Å². The lowest BCUT2D eigenvalue weighted by atomic mass is 9.98. The van der Waals surface area contributed by atoms with Crippen molar-refractivity contribution in [2.24, 2.45) is 4.99 Å². The molecule has 0 saturated carbocycles. The molecule has 5 aromatic rings. The van der Waals surface area contributed by atoms with E-state index in [1.165, 1.54) is 25.7 Å². The first-order valence-corrected chi connectivity index (χ1v) is 18.1. The normalized spacial score (nSPS) is 14.0. The van der Waals surface area contributed by atoms with Gasteiger partial charge in [-0.15, -0.1) is 0 Å². The molecule has 18 heteroatoms. The zero-order valence-electron chi connectivity index (χ0n) is 30.7. The Bertz CT molecular complexity index is 2510. The Labute approximate surface area is 332 Å². The maximum Gasteiger partial charge on any atom is 0.418 e. The van der Waals surface area contributed by atoms with Crippen LogP contribution in [0.5, 0.6) is 17.2 Å². The number of alkyl halides is 3. The van der Waals surface area contributed by atoms with Crippen molar-refractivity contribution in [3.05, 3.63) is 128 Å². The summed E-state index contributed by atoms with van der Waals surface area (Å²) in [4.78, 5) is 19.1. The lowest BCUT2D eigenvalue weighted by Crippen LogP contribution is -2.45. The van der Waals surface area contributed by atoms with Crippen LogP contribution in [0.4, 0.5) is 33.6 Å². The van der Waals surface area contributed by atoms with E-state index in [1.54, 1.807) is 43.2 Å². The number of methoxy groups -OCH3 is 2. The average molecular weight is 828 g/mol. The molecule has 0 radical (unpaired) electrons. The van der Waals surface area contributed by atoms with Gasteiger partial charge in [0.2, 0.25) is 5.22 Å². The van der Waals surface area contributed by atoms with E-state index in [0.29, 0.717) is 35.1 Å². The average Bonchev–Trinajstić information content (AvgIpc) is 3.36. The second-order valence-corrected chi connectivity index (χ2v) is 13.6. The predicted molar refractivity (Wildman–Crippen MR) is 204 cm³/mol. The van der Waals surface area contributed by atoms with Crippen LogP contribution in [0.25, 0.3) is 17.1 Å². The zero-order chi connectivity index (χ0) is 40.6. The number of benzene rings is 3. The standard InChI is InChI=1S/C39H33Cl2F5N8O3/c1-19-28(39(44,45)46)33(53-36(30(19)42)49-15-21-5-9-23(55-3)10-6-21)26-29(41)34-27-35(31(26)43)57-25(40)17-54(38(27)52-18-51-34)20(2)32-37(48-14-13-47-32)50-16-22-7-11-24(56-4)12-8-22/h5-14,17,20,52H,15-16,18H2,1-4H3,(H,48,50)(H,49,53). The van der Waals surface area contributed by atoms with Crippen molar-refractivity contribution in [3.63, 3.8) is 0 Å². The number of aromatic nitrogens is 3. The smallest absolute Gasteiger partial charge is 0.418 e. The molecular formula is C39H33Cl2F5N8O3. The maximum atomic E-state index is 17.1. The van der Waals surface area contributed by atoms with Crippen molar-refractivity contribution >= 4 is 40.7 Å². The van der Waals surface area contributed by atoms with Gasteiger partial charge >= 0.3 is 6.18 Å². The summed E-state index contributed by atoms with van der Waals surface area (Å²) < 4.78 is 93.4. The van der Waals surface area contributed by atoms with Crippen molar-refractivity contribution < 1.29 is 36.2 Å². The molecule has 2 aliphatic heterocycles. The Morgan fingerprint density at radius 1 is 0.895 bits per heavy atom. The second-order valence-electron chi connectivity index (χ2n) is 12.8. The van der Waals surface area contributed by atoms with Crippen molar-refractivity contribution in [2.75, 3.05) is 31.5 Å². The number of ether oxygens (including phenoxy) is 3. The van der Waals surface area contributed by atoms with Crippen molar-refractivity contribution in [2.45, 2.75) is 39.2 Å². The number of hydrogen-bond donors (Lipinski definition) is 3. The first-order valence-electron chi connectivity index (χ1n) is 17.3. The molecule has 2 aromatic heterocycles. The Morgan fingerprint density at radius 3 is 2.09 bits per heavy atom. The molecule has 7 rings (SSSR count). The van der Waals surface area contributed by atoms with Crippen LogP contribution >= 0.6 is 23.2 Å². The van der Waals surface area contributed by atoms with Gasteiger partial charge in [-0.25, -0.2) is 18.7 Å². The molecular weight excluding hydrogens is 794 g/mol. The Kier molecular flexibility index (Phi) is 11.0. The van der Waals surface area contributed by atoms with Gasteiger partial charge < -0.3 is 35.1 Å². The second kappa shape index (κ2) is 15.9. The third-order valence-electron chi connectivity index (χ3n) is 9.40. The molecule has 0 amide bonds. The third-order valence-corrected chi connectivity index (χ3v) is 9.94. The van der Waals surface area contributed by atoms with Crippen LogP contribution in [0.15, 0.2) is 77.3 Å². The Balaban J connectivity index is 1.33. The van der Waals surface area contributed by atoms with Gasteiger partial charge in [0.25, 0.3) is 0 Å². The van der Waals surface area contributed by atoms with Gasteiger partial charge in [0.1, 0.15) is 35.5 Å². The highest BCUT2D eigenvalue weighted by Gasteiger charge is 2.41. The van der Waals surface area contributed by atoms with Crippen molar-refractivity contribution in [1.82, 2.24) is 25.2 Å². The molecule has 57 heavy (non-hydrogen) atoms. The van der Waals surface area contributed by atoms with Gasteiger partial charge in [-0.2, -0.15) is 13.2 Å². The number of nitrogens with one attached hydrogen (secondary N) is 3.